The number of aryl methyl sites for hydroxylation is 2. The number of rotatable bonds is 9. The zero-order valence-corrected chi connectivity index (χ0v) is 19.6. The lowest BCUT2D eigenvalue weighted by atomic mass is 10.0. The molecule has 1 N–H and O–H groups in total. The molecule has 0 saturated heterocycles. The fraction of sp³-hybridized carbons (Fsp3) is 0.286. The van der Waals surface area contributed by atoms with E-state index in [1.54, 1.807) is 11.9 Å². The molecule has 0 aliphatic carbocycles. The molecule has 0 bridgehead atoms. The standard InChI is InChI=1S/C28H30N2O4/c1-20-8-6-7-11-23(20)18-30(24(28(32)29-2)16-21-9-4-3-5-10-21)27(31)15-13-22-12-14-25-26(17-22)34-19-33-25/h3-12,14,17,24H,13,15-16,18-19H2,1-2H3,(H,29,32)/t24-/m1/s1. The fourth-order valence-corrected chi connectivity index (χ4v) is 4.18. The lowest BCUT2D eigenvalue weighted by molar-refractivity contribution is -0.141. The highest BCUT2D eigenvalue weighted by atomic mass is 16.7. The summed E-state index contributed by atoms with van der Waals surface area (Å²) in [7, 11) is 1.61. The predicted molar refractivity (Wildman–Crippen MR) is 131 cm³/mol. The number of hydrogen-bond acceptors (Lipinski definition) is 4. The molecule has 4 rings (SSSR count). The highest BCUT2D eigenvalue weighted by Crippen LogP contribution is 2.33. The van der Waals surface area contributed by atoms with Gasteiger partial charge < -0.3 is 19.7 Å². The number of nitrogens with one attached hydrogen (secondary N) is 1. The molecular formula is C28H30N2O4. The van der Waals surface area contributed by atoms with Crippen LogP contribution in [0.1, 0.15) is 28.7 Å². The van der Waals surface area contributed by atoms with E-state index in [1.807, 2.05) is 79.7 Å². The molecule has 0 spiro atoms. The molecule has 0 unspecified atom stereocenters. The lowest BCUT2D eigenvalue weighted by Gasteiger charge is -2.31. The van der Waals surface area contributed by atoms with Gasteiger partial charge in [-0.3, -0.25) is 9.59 Å². The van der Waals surface area contributed by atoms with E-state index in [9.17, 15) is 9.59 Å². The Morgan fingerprint density at radius 3 is 2.44 bits per heavy atom. The first-order valence-electron chi connectivity index (χ1n) is 11.5. The number of ether oxygens (including phenoxy) is 2. The summed E-state index contributed by atoms with van der Waals surface area (Å²) in [4.78, 5) is 28.3. The van der Waals surface area contributed by atoms with Gasteiger partial charge in [-0.2, -0.15) is 0 Å². The van der Waals surface area contributed by atoms with E-state index in [1.165, 1.54) is 0 Å². The van der Waals surface area contributed by atoms with Crippen molar-refractivity contribution in [1.82, 2.24) is 10.2 Å². The van der Waals surface area contributed by atoms with Crippen molar-refractivity contribution in [1.29, 1.82) is 0 Å². The minimum atomic E-state index is -0.615. The van der Waals surface area contributed by atoms with Gasteiger partial charge in [0.05, 0.1) is 0 Å². The molecule has 0 aromatic heterocycles. The van der Waals surface area contributed by atoms with Gasteiger partial charge in [0.2, 0.25) is 18.6 Å². The maximum absolute atomic E-state index is 13.6. The SMILES string of the molecule is CNC(=O)[C@@H](Cc1ccccc1)N(Cc1ccccc1C)C(=O)CCc1ccc2c(c1)OCO2. The summed E-state index contributed by atoms with van der Waals surface area (Å²) in [5.74, 6) is 1.19. The maximum atomic E-state index is 13.6. The molecule has 1 heterocycles. The van der Waals surface area contributed by atoms with E-state index in [0.29, 0.717) is 25.1 Å². The summed E-state index contributed by atoms with van der Waals surface area (Å²) in [6, 6.07) is 22.9. The van der Waals surface area contributed by atoms with Crippen LogP contribution in [0.5, 0.6) is 11.5 Å². The van der Waals surface area contributed by atoms with Crippen molar-refractivity contribution in [2.45, 2.75) is 38.8 Å². The van der Waals surface area contributed by atoms with Crippen LogP contribution in [-0.4, -0.2) is 36.6 Å². The summed E-state index contributed by atoms with van der Waals surface area (Å²) in [6.07, 6.45) is 1.28. The van der Waals surface area contributed by atoms with Crippen LogP contribution in [0.2, 0.25) is 0 Å². The Kier molecular flexibility index (Phi) is 7.48. The minimum Gasteiger partial charge on any atom is -0.454 e. The molecule has 1 atom stereocenters. The van der Waals surface area contributed by atoms with Crippen molar-refractivity contribution < 1.29 is 19.1 Å². The number of carbonyl (C=O) groups is 2. The van der Waals surface area contributed by atoms with Crippen LogP contribution in [0.4, 0.5) is 0 Å². The van der Waals surface area contributed by atoms with Gasteiger partial charge in [-0.05, 0) is 47.7 Å². The molecule has 6 heteroatoms. The molecular weight excluding hydrogens is 428 g/mol. The molecule has 1 aliphatic rings. The Balaban J connectivity index is 1.58. The molecule has 0 fully saturated rings. The Morgan fingerprint density at radius 2 is 1.68 bits per heavy atom. The van der Waals surface area contributed by atoms with Crippen molar-refractivity contribution >= 4 is 11.8 Å². The van der Waals surface area contributed by atoms with Gasteiger partial charge >= 0.3 is 0 Å². The van der Waals surface area contributed by atoms with Gasteiger partial charge in [0, 0.05) is 26.4 Å². The summed E-state index contributed by atoms with van der Waals surface area (Å²) in [6.45, 7) is 2.61. The van der Waals surface area contributed by atoms with Crippen LogP contribution >= 0.6 is 0 Å². The van der Waals surface area contributed by atoms with Gasteiger partial charge in [-0.25, -0.2) is 0 Å². The number of fused-ring (bicyclic) bond motifs is 1. The minimum absolute atomic E-state index is 0.0644. The highest BCUT2D eigenvalue weighted by molar-refractivity contribution is 5.88. The summed E-state index contributed by atoms with van der Waals surface area (Å²) < 4.78 is 10.8. The predicted octanol–water partition coefficient (Wildman–Crippen LogP) is 4.04. The average molecular weight is 459 g/mol. The van der Waals surface area contributed by atoms with Crippen molar-refractivity contribution in [3.8, 4) is 11.5 Å². The molecule has 0 saturated carbocycles. The largest absolute Gasteiger partial charge is 0.454 e. The normalized spacial score (nSPS) is 12.8. The Morgan fingerprint density at radius 1 is 0.941 bits per heavy atom. The summed E-state index contributed by atoms with van der Waals surface area (Å²) in [5.41, 5.74) is 4.12. The van der Waals surface area contributed by atoms with E-state index >= 15 is 0 Å². The lowest BCUT2D eigenvalue weighted by Crippen LogP contribution is -2.49. The Hall–Kier alpha value is -3.80. The second-order valence-corrected chi connectivity index (χ2v) is 8.46. The van der Waals surface area contributed by atoms with Gasteiger partial charge in [-0.1, -0.05) is 60.7 Å². The van der Waals surface area contributed by atoms with Gasteiger partial charge in [0.15, 0.2) is 11.5 Å². The van der Waals surface area contributed by atoms with E-state index in [-0.39, 0.29) is 25.0 Å². The highest BCUT2D eigenvalue weighted by Gasteiger charge is 2.30. The van der Waals surface area contributed by atoms with Crippen LogP contribution < -0.4 is 14.8 Å². The first-order chi connectivity index (χ1) is 16.5. The smallest absolute Gasteiger partial charge is 0.242 e. The molecule has 34 heavy (non-hydrogen) atoms. The molecule has 2 amide bonds. The van der Waals surface area contributed by atoms with E-state index < -0.39 is 6.04 Å². The van der Waals surface area contributed by atoms with Crippen molar-refractivity contribution in [2.75, 3.05) is 13.8 Å². The van der Waals surface area contributed by atoms with Crippen molar-refractivity contribution in [3.63, 3.8) is 0 Å². The number of carbonyl (C=O) groups excluding carboxylic acids is 2. The van der Waals surface area contributed by atoms with Crippen LogP contribution in [0.15, 0.2) is 72.8 Å². The third-order valence-corrected chi connectivity index (χ3v) is 6.18. The van der Waals surface area contributed by atoms with Crippen molar-refractivity contribution in [3.05, 3.63) is 95.1 Å². The molecule has 3 aromatic rings. The summed E-state index contributed by atoms with van der Waals surface area (Å²) in [5, 5.41) is 2.76. The average Bonchev–Trinajstić information content (AvgIpc) is 3.34. The van der Waals surface area contributed by atoms with Gasteiger partial charge in [-0.15, -0.1) is 0 Å². The number of nitrogens with zero attached hydrogens (tertiary/aromatic N) is 1. The van der Waals surface area contributed by atoms with Crippen LogP contribution in [0.25, 0.3) is 0 Å². The molecule has 176 valence electrons. The van der Waals surface area contributed by atoms with E-state index in [0.717, 1.165) is 28.0 Å². The van der Waals surface area contributed by atoms with Crippen LogP contribution in [0.3, 0.4) is 0 Å². The third kappa shape index (κ3) is 5.57. The van der Waals surface area contributed by atoms with Crippen LogP contribution in [0, 0.1) is 6.92 Å². The van der Waals surface area contributed by atoms with Crippen molar-refractivity contribution in [2.24, 2.45) is 0 Å². The first-order valence-corrected chi connectivity index (χ1v) is 11.5. The zero-order chi connectivity index (χ0) is 23.9. The zero-order valence-electron chi connectivity index (χ0n) is 19.6. The Labute approximate surface area is 200 Å². The fourth-order valence-electron chi connectivity index (χ4n) is 4.18. The van der Waals surface area contributed by atoms with Gasteiger partial charge in [0.25, 0.3) is 0 Å². The second kappa shape index (κ2) is 10.9. The van der Waals surface area contributed by atoms with E-state index in [4.69, 9.17) is 9.47 Å². The second-order valence-electron chi connectivity index (χ2n) is 8.46. The molecule has 0 radical (unpaired) electrons. The quantitative estimate of drug-likeness (QED) is 0.526. The topological polar surface area (TPSA) is 67.9 Å². The number of amides is 2. The number of hydrogen-bond donors (Lipinski definition) is 1. The maximum Gasteiger partial charge on any atom is 0.242 e. The monoisotopic (exact) mass is 458 g/mol. The Bertz CT molecular complexity index is 1150. The molecule has 3 aromatic carbocycles. The number of likely N-dealkylation sites (N-methyl/N-ethyl adjacent to an activating group) is 1. The van der Waals surface area contributed by atoms with Crippen LogP contribution in [-0.2, 0) is 29.0 Å². The third-order valence-electron chi connectivity index (χ3n) is 6.18. The molecule has 6 nitrogen and oxygen atoms in total. The van der Waals surface area contributed by atoms with Gasteiger partial charge in [0.1, 0.15) is 6.04 Å². The summed E-state index contributed by atoms with van der Waals surface area (Å²) >= 11 is 0. The molecule has 1 aliphatic heterocycles. The first kappa shape index (κ1) is 23.4. The van der Waals surface area contributed by atoms with E-state index in [2.05, 4.69) is 5.32 Å². The number of benzene rings is 3.